The van der Waals surface area contributed by atoms with Crippen LogP contribution in [0, 0.1) is 0 Å². The van der Waals surface area contributed by atoms with Gasteiger partial charge in [0.25, 0.3) is 5.91 Å². The van der Waals surface area contributed by atoms with E-state index in [-0.39, 0.29) is 5.91 Å². The fourth-order valence-electron chi connectivity index (χ4n) is 3.29. The Balaban J connectivity index is 1.51. The SMILES string of the molecule is CCNC(=NCC(c1cccs1)N1CCCC1)NCCNC(=O)c1ccco1. The molecule has 1 atom stereocenters. The Hall–Kier alpha value is -2.32. The first-order valence-corrected chi connectivity index (χ1v) is 10.8. The van der Waals surface area contributed by atoms with Crippen LogP contribution in [0.3, 0.4) is 0 Å². The zero-order valence-corrected chi connectivity index (χ0v) is 17.1. The summed E-state index contributed by atoms with van der Waals surface area (Å²) in [6, 6.07) is 7.99. The molecule has 1 saturated heterocycles. The highest BCUT2D eigenvalue weighted by Crippen LogP contribution is 2.28. The van der Waals surface area contributed by atoms with Gasteiger partial charge in [-0.1, -0.05) is 6.07 Å². The Labute approximate surface area is 170 Å². The number of carbonyl (C=O) groups is 1. The minimum Gasteiger partial charge on any atom is -0.459 e. The monoisotopic (exact) mass is 403 g/mol. The van der Waals surface area contributed by atoms with Gasteiger partial charge in [0.1, 0.15) is 0 Å². The van der Waals surface area contributed by atoms with Crippen LogP contribution in [0.2, 0.25) is 0 Å². The average molecular weight is 404 g/mol. The molecule has 1 fully saturated rings. The zero-order valence-electron chi connectivity index (χ0n) is 16.3. The van der Waals surface area contributed by atoms with Crippen molar-refractivity contribution in [1.82, 2.24) is 20.9 Å². The molecule has 0 aliphatic carbocycles. The molecule has 3 rings (SSSR count). The number of hydrogen-bond acceptors (Lipinski definition) is 5. The Morgan fingerprint density at radius 1 is 1.21 bits per heavy atom. The minimum absolute atomic E-state index is 0.208. The van der Waals surface area contributed by atoms with Gasteiger partial charge in [0.05, 0.1) is 18.8 Å². The number of thiophene rings is 1. The lowest BCUT2D eigenvalue weighted by atomic mass is 10.2. The standard InChI is InChI=1S/C20H29N5O2S/c1-2-21-20(23-10-9-22-19(26)17-7-5-13-27-17)24-15-16(18-8-6-14-28-18)25-11-3-4-12-25/h5-8,13-14,16H,2-4,9-12,15H2,1H3,(H,22,26)(H2,21,23,24). The van der Waals surface area contributed by atoms with Gasteiger partial charge < -0.3 is 20.4 Å². The first-order valence-electron chi connectivity index (χ1n) is 9.89. The Bertz CT molecular complexity index is 724. The third-order valence-corrected chi connectivity index (χ3v) is 5.64. The summed E-state index contributed by atoms with van der Waals surface area (Å²) in [6.07, 6.45) is 4.02. The molecule has 2 aromatic heterocycles. The number of aliphatic imine (C=N–C) groups is 1. The summed E-state index contributed by atoms with van der Waals surface area (Å²) in [5, 5.41) is 11.5. The molecule has 2 aromatic rings. The number of guanidine groups is 1. The maximum absolute atomic E-state index is 11.9. The number of amides is 1. The molecule has 8 heteroatoms. The van der Waals surface area contributed by atoms with Crippen LogP contribution in [0.25, 0.3) is 0 Å². The molecule has 0 radical (unpaired) electrons. The Morgan fingerprint density at radius 3 is 2.71 bits per heavy atom. The number of nitrogens with zero attached hydrogens (tertiary/aromatic N) is 2. The van der Waals surface area contributed by atoms with Crippen molar-refractivity contribution in [2.45, 2.75) is 25.8 Å². The van der Waals surface area contributed by atoms with Gasteiger partial charge in [-0.3, -0.25) is 14.7 Å². The highest BCUT2D eigenvalue weighted by atomic mass is 32.1. The van der Waals surface area contributed by atoms with Crippen molar-refractivity contribution in [3.63, 3.8) is 0 Å². The smallest absolute Gasteiger partial charge is 0.287 e. The second kappa shape index (κ2) is 10.9. The quantitative estimate of drug-likeness (QED) is 0.340. The van der Waals surface area contributed by atoms with Crippen molar-refractivity contribution in [3.05, 3.63) is 46.5 Å². The molecule has 1 unspecified atom stereocenters. The van der Waals surface area contributed by atoms with Gasteiger partial charge in [-0.05, 0) is 56.4 Å². The summed E-state index contributed by atoms with van der Waals surface area (Å²) in [5.41, 5.74) is 0. The number of nitrogens with one attached hydrogen (secondary N) is 3. The van der Waals surface area contributed by atoms with E-state index in [4.69, 9.17) is 9.41 Å². The second-order valence-electron chi connectivity index (χ2n) is 6.65. The summed E-state index contributed by atoms with van der Waals surface area (Å²) < 4.78 is 5.09. The van der Waals surface area contributed by atoms with Gasteiger partial charge in [0.2, 0.25) is 0 Å². The second-order valence-corrected chi connectivity index (χ2v) is 7.63. The van der Waals surface area contributed by atoms with Gasteiger partial charge in [-0.2, -0.15) is 0 Å². The van der Waals surface area contributed by atoms with Gasteiger partial charge in [-0.15, -0.1) is 11.3 Å². The average Bonchev–Trinajstić information content (AvgIpc) is 3.48. The number of furan rings is 1. The van der Waals surface area contributed by atoms with Crippen molar-refractivity contribution in [3.8, 4) is 0 Å². The van der Waals surface area contributed by atoms with E-state index in [0.29, 0.717) is 31.4 Å². The summed E-state index contributed by atoms with van der Waals surface area (Å²) in [7, 11) is 0. The molecular formula is C20H29N5O2S. The minimum atomic E-state index is -0.208. The number of carbonyl (C=O) groups excluding carboxylic acids is 1. The molecule has 3 heterocycles. The summed E-state index contributed by atoms with van der Waals surface area (Å²) >= 11 is 1.80. The molecule has 3 N–H and O–H groups in total. The lowest BCUT2D eigenvalue weighted by molar-refractivity contribution is 0.0926. The molecule has 7 nitrogen and oxygen atoms in total. The number of rotatable bonds is 9. The maximum Gasteiger partial charge on any atom is 0.287 e. The highest BCUT2D eigenvalue weighted by Gasteiger charge is 2.24. The Kier molecular flexibility index (Phi) is 7.93. The molecule has 152 valence electrons. The number of likely N-dealkylation sites (tertiary alicyclic amines) is 1. The maximum atomic E-state index is 11.9. The van der Waals surface area contributed by atoms with Crippen LogP contribution in [0.1, 0.15) is 41.2 Å². The molecule has 0 bridgehead atoms. The fraction of sp³-hybridized carbons (Fsp3) is 0.500. The normalized spacial score (nSPS) is 16.1. The molecule has 0 saturated carbocycles. The topological polar surface area (TPSA) is 81.9 Å². The summed E-state index contributed by atoms with van der Waals surface area (Å²) in [6.45, 7) is 6.91. The van der Waals surface area contributed by atoms with Gasteiger partial charge >= 0.3 is 0 Å². The van der Waals surface area contributed by atoms with Crippen LogP contribution in [-0.4, -0.2) is 56.0 Å². The van der Waals surface area contributed by atoms with Crippen molar-refractivity contribution in [1.29, 1.82) is 0 Å². The molecule has 1 amide bonds. The van der Waals surface area contributed by atoms with Crippen LogP contribution in [-0.2, 0) is 0 Å². The van der Waals surface area contributed by atoms with Gasteiger partial charge in [-0.25, -0.2) is 0 Å². The van der Waals surface area contributed by atoms with Gasteiger partial charge in [0.15, 0.2) is 11.7 Å². The molecule has 0 spiro atoms. The Morgan fingerprint density at radius 2 is 2.04 bits per heavy atom. The predicted octanol–water partition coefficient (Wildman–Crippen LogP) is 2.46. The van der Waals surface area contributed by atoms with Crippen molar-refractivity contribution in [2.75, 3.05) is 39.3 Å². The van der Waals surface area contributed by atoms with E-state index < -0.39 is 0 Å². The third kappa shape index (κ3) is 5.84. The van der Waals surface area contributed by atoms with Crippen LogP contribution >= 0.6 is 11.3 Å². The molecule has 1 aliphatic rings. The summed E-state index contributed by atoms with van der Waals surface area (Å²) in [4.78, 5) is 20.6. The first-order chi connectivity index (χ1) is 13.8. The van der Waals surface area contributed by atoms with Crippen molar-refractivity contribution in [2.24, 2.45) is 4.99 Å². The van der Waals surface area contributed by atoms with Gasteiger partial charge in [0, 0.05) is 24.5 Å². The summed E-state index contributed by atoms with van der Waals surface area (Å²) in [5.74, 6) is 0.890. The van der Waals surface area contributed by atoms with E-state index >= 15 is 0 Å². The van der Waals surface area contributed by atoms with Crippen molar-refractivity contribution >= 4 is 23.2 Å². The largest absolute Gasteiger partial charge is 0.459 e. The van der Waals surface area contributed by atoms with Crippen LogP contribution in [0.4, 0.5) is 0 Å². The van der Waals surface area contributed by atoms with E-state index in [0.717, 1.165) is 25.6 Å². The number of hydrogen-bond donors (Lipinski definition) is 3. The van der Waals surface area contributed by atoms with E-state index in [9.17, 15) is 4.79 Å². The highest BCUT2D eigenvalue weighted by molar-refractivity contribution is 7.10. The van der Waals surface area contributed by atoms with E-state index in [1.54, 1.807) is 23.5 Å². The lowest BCUT2D eigenvalue weighted by Crippen LogP contribution is -2.42. The van der Waals surface area contributed by atoms with Crippen molar-refractivity contribution < 1.29 is 9.21 Å². The van der Waals surface area contributed by atoms with E-state index in [1.807, 2.05) is 6.92 Å². The zero-order chi connectivity index (χ0) is 19.6. The molecule has 0 aromatic carbocycles. The lowest BCUT2D eigenvalue weighted by Gasteiger charge is -2.25. The fourth-order valence-corrected chi connectivity index (χ4v) is 4.14. The van der Waals surface area contributed by atoms with E-state index in [2.05, 4.69) is 38.4 Å². The molecule has 1 aliphatic heterocycles. The first kappa shape index (κ1) is 20.4. The molecule has 28 heavy (non-hydrogen) atoms. The predicted molar refractivity (Wildman–Crippen MR) is 113 cm³/mol. The molecular weight excluding hydrogens is 374 g/mol. The van der Waals surface area contributed by atoms with E-state index in [1.165, 1.54) is 24.0 Å². The van der Waals surface area contributed by atoms with Crippen LogP contribution in [0.15, 0.2) is 45.3 Å². The van der Waals surface area contributed by atoms with Crippen LogP contribution in [0.5, 0.6) is 0 Å². The third-order valence-electron chi connectivity index (χ3n) is 4.67. The van der Waals surface area contributed by atoms with Crippen LogP contribution < -0.4 is 16.0 Å².